The summed E-state index contributed by atoms with van der Waals surface area (Å²) < 4.78 is 0. The van der Waals surface area contributed by atoms with Crippen molar-refractivity contribution in [3.05, 3.63) is 53.6 Å². The Labute approximate surface area is 197 Å². The zero-order valence-electron chi connectivity index (χ0n) is 20.2. The highest BCUT2D eigenvalue weighted by Crippen LogP contribution is 2.37. The van der Waals surface area contributed by atoms with Crippen LogP contribution in [0, 0.1) is 11.8 Å². The Morgan fingerprint density at radius 3 is 2.52 bits per heavy atom. The normalized spacial score (nSPS) is 22.3. The number of piperidine rings is 1. The number of likely N-dealkylation sites (tertiary alicyclic amines) is 1. The van der Waals surface area contributed by atoms with E-state index in [1.54, 1.807) is 12.1 Å². The fourth-order valence-corrected chi connectivity index (χ4v) is 4.86. The third-order valence-electron chi connectivity index (χ3n) is 7.26. The summed E-state index contributed by atoms with van der Waals surface area (Å²) >= 11 is 0. The number of carbonyl (C=O) groups excluding carboxylic acids is 1. The summed E-state index contributed by atoms with van der Waals surface area (Å²) in [6, 6.07) is 12.7. The molecule has 1 amide bonds. The first kappa shape index (κ1) is 24.9. The molecule has 180 valence electrons. The Balaban J connectivity index is 1.56. The van der Waals surface area contributed by atoms with Crippen molar-refractivity contribution in [3.8, 4) is 17.2 Å². The lowest BCUT2D eigenvalue weighted by Crippen LogP contribution is -2.53. The van der Waals surface area contributed by atoms with Crippen LogP contribution in [-0.2, 0) is 11.2 Å². The molecule has 1 heterocycles. The van der Waals surface area contributed by atoms with Crippen molar-refractivity contribution in [1.82, 2.24) is 10.2 Å². The second-order valence-electron chi connectivity index (χ2n) is 9.83. The first-order chi connectivity index (χ1) is 15.7. The number of aromatic hydroxyl groups is 3. The number of rotatable bonds is 8. The molecule has 1 unspecified atom stereocenters. The molecule has 1 aliphatic rings. The van der Waals surface area contributed by atoms with Gasteiger partial charge in [-0.1, -0.05) is 39.0 Å². The van der Waals surface area contributed by atoms with Gasteiger partial charge in [-0.3, -0.25) is 9.69 Å². The molecule has 6 nitrogen and oxygen atoms in total. The fourth-order valence-electron chi connectivity index (χ4n) is 4.86. The minimum Gasteiger partial charge on any atom is -0.508 e. The van der Waals surface area contributed by atoms with Crippen LogP contribution >= 0.6 is 0 Å². The van der Waals surface area contributed by atoms with Gasteiger partial charge in [-0.15, -0.1) is 0 Å². The van der Waals surface area contributed by atoms with Crippen LogP contribution in [0.2, 0.25) is 0 Å². The molecule has 2 aromatic carbocycles. The number of aryl methyl sites for hydroxylation is 1. The molecular formula is C27H38N2O4. The van der Waals surface area contributed by atoms with Gasteiger partial charge in [0.05, 0.1) is 0 Å². The third-order valence-corrected chi connectivity index (χ3v) is 7.26. The standard InChI is InChI=1S/C27H38N2O4/c1-17(2)24(28-27(33)11-9-20-8-10-25(31)26(32)14-20)16-29-13-12-23(18(3)19(29)4)21-6-5-7-22(30)15-21/h5-8,10,14-15,17-19,23-24,30-32H,9,11-13,16H2,1-4H3,(H,28,33)/t18-,19?,23+,24+/m0/s1. The molecule has 0 aliphatic carbocycles. The summed E-state index contributed by atoms with van der Waals surface area (Å²) in [6.07, 6.45) is 1.87. The highest BCUT2D eigenvalue weighted by Gasteiger charge is 2.34. The molecule has 4 N–H and O–H groups in total. The van der Waals surface area contributed by atoms with Crippen molar-refractivity contribution in [2.24, 2.45) is 11.8 Å². The largest absolute Gasteiger partial charge is 0.508 e. The first-order valence-corrected chi connectivity index (χ1v) is 12.0. The van der Waals surface area contributed by atoms with Crippen LogP contribution < -0.4 is 5.32 Å². The SMILES string of the molecule is CC(C)[C@@H](CN1CC[C@@H](c2cccc(O)c2)[C@@H](C)C1C)NC(=O)CCc1ccc(O)c(O)c1. The number of carbonyl (C=O) groups is 1. The summed E-state index contributed by atoms with van der Waals surface area (Å²) in [5.41, 5.74) is 2.01. The van der Waals surface area contributed by atoms with Crippen molar-refractivity contribution in [2.75, 3.05) is 13.1 Å². The lowest BCUT2D eigenvalue weighted by molar-refractivity contribution is -0.122. The Kier molecular flexibility index (Phi) is 8.25. The molecule has 2 aromatic rings. The highest BCUT2D eigenvalue weighted by atomic mass is 16.3. The predicted octanol–water partition coefficient (Wildman–Crippen LogP) is 4.39. The molecule has 1 saturated heterocycles. The molecule has 0 spiro atoms. The molecule has 6 heteroatoms. The third kappa shape index (κ3) is 6.41. The fraction of sp³-hybridized carbons (Fsp3) is 0.519. The number of phenols is 3. The van der Waals surface area contributed by atoms with Gasteiger partial charge in [-0.25, -0.2) is 0 Å². The molecule has 0 bridgehead atoms. The molecule has 1 fully saturated rings. The minimum atomic E-state index is -0.162. The Morgan fingerprint density at radius 2 is 1.85 bits per heavy atom. The van der Waals surface area contributed by atoms with E-state index in [-0.39, 0.29) is 23.4 Å². The van der Waals surface area contributed by atoms with E-state index in [0.29, 0.717) is 42.4 Å². The van der Waals surface area contributed by atoms with Crippen LogP contribution in [0.25, 0.3) is 0 Å². The molecule has 1 aliphatic heterocycles. The van der Waals surface area contributed by atoms with Gasteiger partial charge in [0.15, 0.2) is 11.5 Å². The monoisotopic (exact) mass is 454 g/mol. The number of hydrogen-bond acceptors (Lipinski definition) is 5. The predicted molar refractivity (Wildman–Crippen MR) is 131 cm³/mol. The van der Waals surface area contributed by atoms with E-state index in [0.717, 1.165) is 25.1 Å². The van der Waals surface area contributed by atoms with Gasteiger partial charge < -0.3 is 20.6 Å². The maximum atomic E-state index is 12.7. The van der Waals surface area contributed by atoms with E-state index in [1.165, 1.54) is 17.7 Å². The van der Waals surface area contributed by atoms with Crippen LogP contribution in [-0.4, -0.2) is 51.3 Å². The maximum Gasteiger partial charge on any atom is 0.220 e. The molecule has 3 rings (SSSR count). The summed E-state index contributed by atoms with van der Waals surface area (Å²) in [6.45, 7) is 10.6. The Bertz CT molecular complexity index is 945. The molecular weight excluding hydrogens is 416 g/mol. The number of phenolic OH excluding ortho intramolecular Hbond substituents is 3. The summed E-state index contributed by atoms with van der Waals surface area (Å²) in [4.78, 5) is 15.2. The first-order valence-electron chi connectivity index (χ1n) is 12.0. The quantitative estimate of drug-likeness (QED) is 0.444. The highest BCUT2D eigenvalue weighted by molar-refractivity contribution is 5.76. The topological polar surface area (TPSA) is 93.0 Å². The molecule has 0 radical (unpaired) electrons. The van der Waals surface area contributed by atoms with E-state index in [9.17, 15) is 20.1 Å². The summed E-state index contributed by atoms with van der Waals surface area (Å²) in [7, 11) is 0. The van der Waals surface area contributed by atoms with Crippen LogP contribution in [0.3, 0.4) is 0 Å². The van der Waals surface area contributed by atoms with Crippen molar-refractivity contribution < 1.29 is 20.1 Å². The molecule has 4 atom stereocenters. The van der Waals surface area contributed by atoms with E-state index in [4.69, 9.17) is 0 Å². The van der Waals surface area contributed by atoms with Crippen molar-refractivity contribution in [2.45, 2.75) is 65.0 Å². The average molecular weight is 455 g/mol. The van der Waals surface area contributed by atoms with Crippen molar-refractivity contribution in [3.63, 3.8) is 0 Å². The average Bonchev–Trinajstić information content (AvgIpc) is 2.77. The smallest absolute Gasteiger partial charge is 0.220 e. The van der Waals surface area contributed by atoms with E-state index < -0.39 is 0 Å². The van der Waals surface area contributed by atoms with Gasteiger partial charge in [0.1, 0.15) is 5.75 Å². The zero-order valence-corrected chi connectivity index (χ0v) is 20.2. The minimum absolute atomic E-state index is 0.00314. The van der Waals surface area contributed by atoms with Crippen LogP contribution in [0.1, 0.15) is 57.6 Å². The van der Waals surface area contributed by atoms with Crippen LogP contribution in [0.4, 0.5) is 0 Å². The van der Waals surface area contributed by atoms with Crippen LogP contribution in [0.15, 0.2) is 42.5 Å². The van der Waals surface area contributed by atoms with Gasteiger partial charge in [0.25, 0.3) is 0 Å². The Hall–Kier alpha value is -2.73. The van der Waals surface area contributed by atoms with Gasteiger partial charge in [-0.2, -0.15) is 0 Å². The van der Waals surface area contributed by atoms with Gasteiger partial charge in [-0.05, 0) is 79.5 Å². The molecule has 33 heavy (non-hydrogen) atoms. The van der Waals surface area contributed by atoms with Gasteiger partial charge in [0.2, 0.25) is 5.91 Å². The number of amides is 1. The number of benzene rings is 2. The number of nitrogens with one attached hydrogen (secondary N) is 1. The van der Waals surface area contributed by atoms with Crippen molar-refractivity contribution in [1.29, 1.82) is 0 Å². The lowest BCUT2D eigenvalue weighted by atomic mass is 9.77. The van der Waals surface area contributed by atoms with E-state index in [2.05, 4.69) is 44.0 Å². The van der Waals surface area contributed by atoms with Gasteiger partial charge in [0, 0.05) is 25.0 Å². The summed E-state index contributed by atoms with van der Waals surface area (Å²) in [5.74, 6) is 1.15. The van der Waals surface area contributed by atoms with Gasteiger partial charge >= 0.3 is 0 Å². The van der Waals surface area contributed by atoms with Crippen LogP contribution in [0.5, 0.6) is 17.2 Å². The lowest BCUT2D eigenvalue weighted by Gasteiger charge is -2.44. The second-order valence-corrected chi connectivity index (χ2v) is 9.83. The molecule has 0 saturated carbocycles. The number of nitrogens with zero attached hydrogens (tertiary/aromatic N) is 1. The molecule has 0 aromatic heterocycles. The second kappa shape index (κ2) is 10.9. The zero-order chi connectivity index (χ0) is 24.1. The van der Waals surface area contributed by atoms with Crippen molar-refractivity contribution >= 4 is 5.91 Å². The number of hydrogen-bond donors (Lipinski definition) is 4. The Morgan fingerprint density at radius 1 is 1.09 bits per heavy atom. The van der Waals surface area contributed by atoms with E-state index >= 15 is 0 Å². The van der Waals surface area contributed by atoms with E-state index in [1.807, 2.05) is 12.1 Å². The maximum absolute atomic E-state index is 12.7. The summed E-state index contributed by atoms with van der Waals surface area (Å²) in [5, 5.41) is 32.2.